The first-order valence-electron chi connectivity index (χ1n) is 12.0. The number of halogens is 3. The SMILES string of the molecule is O=C(Cn1c2c(sc1=O)C(c1cccs1)C1C(=O)N(c3cccc(C(F)(F)F)c3)C(=O)C1S2)N1CCOCC1. The third-order valence-corrected chi connectivity index (χ3v) is 10.5. The molecule has 0 aliphatic carbocycles. The second-order valence-electron chi connectivity index (χ2n) is 9.23. The second-order valence-corrected chi connectivity index (χ2v) is 12.3. The Kier molecular flexibility index (Phi) is 6.68. The van der Waals surface area contributed by atoms with Gasteiger partial charge in [-0.3, -0.25) is 23.7 Å². The summed E-state index contributed by atoms with van der Waals surface area (Å²) in [6.45, 7) is 1.42. The Morgan fingerprint density at radius 3 is 2.51 bits per heavy atom. The lowest BCUT2D eigenvalue weighted by Crippen LogP contribution is -2.43. The summed E-state index contributed by atoms with van der Waals surface area (Å²) in [6.07, 6.45) is -4.64. The summed E-state index contributed by atoms with van der Waals surface area (Å²) in [5.41, 5.74) is -1.12. The van der Waals surface area contributed by atoms with Crippen molar-refractivity contribution in [1.82, 2.24) is 9.47 Å². The number of ether oxygens (including phenoxy) is 1. The number of fused-ring (bicyclic) bond motifs is 2. The van der Waals surface area contributed by atoms with E-state index in [0.717, 1.165) is 51.1 Å². The molecule has 0 spiro atoms. The van der Waals surface area contributed by atoms with Gasteiger partial charge in [-0.15, -0.1) is 11.3 Å². The van der Waals surface area contributed by atoms with E-state index in [4.69, 9.17) is 4.74 Å². The number of rotatable bonds is 4. The lowest BCUT2D eigenvalue weighted by molar-refractivity contribution is -0.138. The van der Waals surface area contributed by atoms with Gasteiger partial charge in [-0.05, 0) is 29.6 Å². The Hall–Kier alpha value is -2.94. The van der Waals surface area contributed by atoms with E-state index in [9.17, 15) is 32.3 Å². The van der Waals surface area contributed by atoms with Gasteiger partial charge in [0.05, 0.1) is 35.4 Å². The number of morpholine rings is 1. The number of thiophene rings is 1. The van der Waals surface area contributed by atoms with Gasteiger partial charge in [0, 0.05) is 28.8 Å². The number of thiazole rings is 1. The molecular formula is C25H20F3N3O5S3. The van der Waals surface area contributed by atoms with Crippen molar-refractivity contribution in [2.24, 2.45) is 5.92 Å². The first kappa shape index (κ1) is 26.3. The molecular weight excluding hydrogens is 575 g/mol. The van der Waals surface area contributed by atoms with Crippen LogP contribution in [0.3, 0.4) is 0 Å². The van der Waals surface area contributed by atoms with E-state index in [-0.39, 0.29) is 23.0 Å². The van der Waals surface area contributed by atoms with Crippen molar-refractivity contribution in [3.63, 3.8) is 0 Å². The molecule has 39 heavy (non-hydrogen) atoms. The highest BCUT2D eigenvalue weighted by Gasteiger charge is 2.57. The van der Waals surface area contributed by atoms with E-state index >= 15 is 0 Å². The standard InChI is InChI=1S/C25H20F3N3O5S3/c26-25(27,28)13-3-1-4-14(11-13)31-21(33)18-17(15-5-2-10-37-15)20-23(38-19(18)22(31)34)30(24(35)39-20)12-16(32)29-6-8-36-9-7-29/h1-5,10-11,17-19H,6-9,12H2. The summed E-state index contributed by atoms with van der Waals surface area (Å²) in [6, 6.07) is 7.75. The lowest BCUT2D eigenvalue weighted by Gasteiger charge is -2.30. The van der Waals surface area contributed by atoms with Crippen LogP contribution in [-0.4, -0.2) is 58.7 Å². The van der Waals surface area contributed by atoms with Crippen molar-refractivity contribution in [3.8, 4) is 0 Å². The number of imide groups is 1. The summed E-state index contributed by atoms with van der Waals surface area (Å²) >= 11 is 3.33. The van der Waals surface area contributed by atoms with Crippen molar-refractivity contribution >= 4 is 57.8 Å². The molecule has 3 aliphatic rings. The fraction of sp³-hybridized carbons (Fsp3) is 0.360. The quantitative estimate of drug-likeness (QED) is 0.428. The highest BCUT2D eigenvalue weighted by Crippen LogP contribution is 2.54. The average Bonchev–Trinajstić information content (AvgIpc) is 3.61. The van der Waals surface area contributed by atoms with Crippen molar-refractivity contribution in [2.75, 3.05) is 31.2 Å². The van der Waals surface area contributed by atoms with Gasteiger partial charge in [-0.1, -0.05) is 35.2 Å². The first-order valence-corrected chi connectivity index (χ1v) is 14.6. The van der Waals surface area contributed by atoms with Crippen LogP contribution in [0.1, 0.15) is 21.2 Å². The number of hydrogen-bond acceptors (Lipinski definition) is 8. The Balaban J connectivity index is 1.40. The number of carbonyl (C=O) groups excluding carboxylic acids is 3. The maximum absolute atomic E-state index is 13.8. The molecule has 5 heterocycles. The highest BCUT2D eigenvalue weighted by molar-refractivity contribution is 8.00. The molecule has 2 saturated heterocycles. The molecule has 0 N–H and O–H groups in total. The number of aromatic nitrogens is 1. The summed E-state index contributed by atoms with van der Waals surface area (Å²) in [4.78, 5) is 57.0. The fourth-order valence-electron chi connectivity index (χ4n) is 5.15. The smallest absolute Gasteiger partial charge is 0.378 e. The number of carbonyl (C=O) groups is 3. The van der Waals surface area contributed by atoms with E-state index in [1.54, 1.807) is 11.0 Å². The van der Waals surface area contributed by atoms with E-state index in [2.05, 4.69) is 0 Å². The minimum atomic E-state index is -4.64. The van der Waals surface area contributed by atoms with Crippen LogP contribution in [0.5, 0.6) is 0 Å². The number of amides is 3. The molecule has 3 unspecified atom stereocenters. The number of nitrogens with zero attached hydrogens (tertiary/aromatic N) is 3. The zero-order valence-corrected chi connectivity index (χ0v) is 22.5. The van der Waals surface area contributed by atoms with Crippen molar-refractivity contribution in [1.29, 1.82) is 0 Å². The molecule has 14 heteroatoms. The molecule has 3 aromatic rings. The van der Waals surface area contributed by atoms with Gasteiger partial charge in [-0.25, -0.2) is 4.90 Å². The van der Waals surface area contributed by atoms with E-state index in [1.807, 2.05) is 11.4 Å². The third-order valence-electron chi connectivity index (χ3n) is 6.99. The Labute approximate surface area is 232 Å². The normalized spacial score (nSPS) is 23.2. The van der Waals surface area contributed by atoms with Crippen LogP contribution in [0.4, 0.5) is 18.9 Å². The first-order chi connectivity index (χ1) is 18.6. The number of thioether (sulfide) groups is 1. The molecule has 1 aromatic carbocycles. The van der Waals surface area contributed by atoms with Crippen LogP contribution in [-0.2, 0) is 31.8 Å². The average molecular weight is 596 g/mol. The largest absolute Gasteiger partial charge is 0.416 e. The molecule has 3 atom stereocenters. The number of hydrogen-bond donors (Lipinski definition) is 0. The van der Waals surface area contributed by atoms with Crippen LogP contribution in [0.25, 0.3) is 0 Å². The summed E-state index contributed by atoms with van der Waals surface area (Å²) in [5.74, 6) is -3.07. The van der Waals surface area contributed by atoms with Gasteiger partial charge in [0.2, 0.25) is 17.7 Å². The minimum absolute atomic E-state index is 0.150. The maximum Gasteiger partial charge on any atom is 0.416 e. The molecule has 3 amide bonds. The van der Waals surface area contributed by atoms with Crippen LogP contribution < -0.4 is 9.77 Å². The number of anilines is 1. The van der Waals surface area contributed by atoms with E-state index in [0.29, 0.717) is 36.2 Å². The Morgan fingerprint density at radius 1 is 1.05 bits per heavy atom. The molecule has 2 aromatic heterocycles. The van der Waals surface area contributed by atoms with Gasteiger partial charge >= 0.3 is 11.0 Å². The van der Waals surface area contributed by atoms with Crippen LogP contribution >= 0.6 is 34.4 Å². The summed E-state index contributed by atoms with van der Waals surface area (Å²) < 4.78 is 46.8. The Morgan fingerprint density at radius 2 is 1.82 bits per heavy atom. The molecule has 2 fully saturated rings. The number of benzene rings is 1. The van der Waals surface area contributed by atoms with E-state index < -0.39 is 40.6 Å². The monoisotopic (exact) mass is 595 g/mol. The predicted molar refractivity (Wildman–Crippen MR) is 139 cm³/mol. The summed E-state index contributed by atoms with van der Waals surface area (Å²) in [7, 11) is 0. The molecule has 0 bridgehead atoms. The molecule has 6 rings (SSSR count). The summed E-state index contributed by atoms with van der Waals surface area (Å²) in [5, 5.41) is 1.29. The highest BCUT2D eigenvalue weighted by atomic mass is 32.2. The van der Waals surface area contributed by atoms with Crippen LogP contribution in [0, 0.1) is 5.92 Å². The second kappa shape index (κ2) is 9.91. The minimum Gasteiger partial charge on any atom is -0.378 e. The zero-order chi connectivity index (χ0) is 27.5. The fourth-order valence-corrected chi connectivity index (χ4v) is 8.88. The van der Waals surface area contributed by atoms with Crippen LogP contribution in [0.15, 0.2) is 51.6 Å². The molecule has 3 aliphatic heterocycles. The lowest BCUT2D eigenvalue weighted by atomic mass is 9.87. The van der Waals surface area contributed by atoms with Crippen LogP contribution in [0.2, 0.25) is 0 Å². The molecule has 8 nitrogen and oxygen atoms in total. The molecule has 204 valence electrons. The molecule has 0 saturated carbocycles. The van der Waals surface area contributed by atoms with Gasteiger partial charge in [0.1, 0.15) is 11.8 Å². The zero-order valence-electron chi connectivity index (χ0n) is 20.1. The van der Waals surface area contributed by atoms with E-state index in [1.165, 1.54) is 22.0 Å². The van der Waals surface area contributed by atoms with Gasteiger partial charge < -0.3 is 9.64 Å². The topological polar surface area (TPSA) is 88.9 Å². The predicted octanol–water partition coefficient (Wildman–Crippen LogP) is 3.64. The Bertz CT molecular complexity index is 1510. The van der Waals surface area contributed by atoms with Gasteiger partial charge in [0.25, 0.3) is 0 Å². The molecule has 0 radical (unpaired) electrons. The van der Waals surface area contributed by atoms with Crippen molar-refractivity contribution in [3.05, 3.63) is 66.8 Å². The van der Waals surface area contributed by atoms with Crippen molar-refractivity contribution < 1.29 is 32.3 Å². The van der Waals surface area contributed by atoms with Crippen molar-refractivity contribution in [2.45, 2.75) is 28.9 Å². The number of alkyl halides is 3. The van der Waals surface area contributed by atoms with Gasteiger partial charge in [0.15, 0.2) is 0 Å². The van der Waals surface area contributed by atoms with Gasteiger partial charge in [-0.2, -0.15) is 13.2 Å². The third kappa shape index (κ3) is 4.52. The maximum atomic E-state index is 13.8.